The van der Waals surface area contributed by atoms with Crippen LogP contribution in [0.2, 0.25) is 0 Å². The molecule has 1 aromatic carbocycles. The van der Waals surface area contributed by atoms with Gasteiger partial charge >= 0.3 is 13.7 Å². The second-order valence-corrected chi connectivity index (χ2v) is 7.55. The summed E-state index contributed by atoms with van der Waals surface area (Å²) in [5.41, 5.74) is 10.8. The molecule has 0 saturated heterocycles. The molecule has 0 atom stereocenters. The first-order chi connectivity index (χ1) is 12.0. The highest BCUT2D eigenvalue weighted by molar-refractivity contribution is 7.75. The molecule has 0 aromatic heterocycles. The van der Waals surface area contributed by atoms with Gasteiger partial charge in [-0.05, 0) is 52.0 Å². The first-order valence-corrected chi connectivity index (χ1v) is 9.26. The largest absolute Gasteiger partial charge is 0.437 e. The van der Waals surface area contributed by atoms with Gasteiger partial charge in [-0.1, -0.05) is 5.16 Å². The number of oxime groups is 1. The molecular formula is C15H23N4O6P. The van der Waals surface area contributed by atoms with Crippen LogP contribution in [0.4, 0.5) is 16.2 Å². The van der Waals surface area contributed by atoms with E-state index in [0.29, 0.717) is 11.4 Å². The second kappa shape index (κ2) is 9.33. The van der Waals surface area contributed by atoms with E-state index in [4.69, 9.17) is 20.5 Å². The van der Waals surface area contributed by atoms with Gasteiger partial charge in [-0.2, -0.15) is 0 Å². The first kappa shape index (κ1) is 21.6. The maximum absolute atomic E-state index is 12.9. The molecule has 144 valence electrons. The monoisotopic (exact) mass is 386 g/mol. The lowest BCUT2D eigenvalue weighted by molar-refractivity contribution is -0.111. The van der Waals surface area contributed by atoms with Gasteiger partial charge in [-0.3, -0.25) is 19.5 Å². The zero-order valence-electron chi connectivity index (χ0n) is 15.0. The van der Waals surface area contributed by atoms with Crippen LogP contribution >= 0.6 is 7.60 Å². The molecule has 0 saturated carbocycles. The zero-order chi connectivity index (χ0) is 19.9. The molecule has 1 rings (SSSR count). The molecular weight excluding hydrogens is 363 g/mol. The van der Waals surface area contributed by atoms with Gasteiger partial charge < -0.3 is 20.5 Å². The van der Waals surface area contributed by atoms with E-state index < -0.39 is 37.3 Å². The first-order valence-electron chi connectivity index (χ1n) is 7.72. The lowest BCUT2D eigenvalue weighted by Gasteiger charge is -2.21. The highest BCUT2D eigenvalue weighted by atomic mass is 31.2. The van der Waals surface area contributed by atoms with Crippen LogP contribution in [0, 0.1) is 0 Å². The Morgan fingerprint density at radius 3 is 2.00 bits per heavy atom. The van der Waals surface area contributed by atoms with E-state index in [-0.39, 0.29) is 0 Å². The molecule has 0 radical (unpaired) electrons. The molecule has 2 amide bonds. The molecule has 0 spiro atoms. The summed E-state index contributed by atoms with van der Waals surface area (Å²) in [6.07, 6.45) is -2.16. The summed E-state index contributed by atoms with van der Waals surface area (Å²) in [6, 6.07) is 6.19. The van der Waals surface area contributed by atoms with Crippen molar-refractivity contribution in [2.45, 2.75) is 39.9 Å². The minimum Gasteiger partial charge on any atom is -0.399 e. The van der Waals surface area contributed by atoms with Crippen molar-refractivity contribution in [2.24, 2.45) is 10.9 Å². The Morgan fingerprint density at radius 1 is 1.08 bits per heavy atom. The van der Waals surface area contributed by atoms with Gasteiger partial charge in [0.2, 0.25) is 0 Å². The summed E-state index contributed by atoms with van der Waals surface area (Å²) in [6.45, 7) is 6.35. The lowest BCUT2D eigenvalue weighted by atomic mass is 10.3. The number of carbonyl (C=O) groups excluding carboxylic acids is 2. The molecule has 0 heterocycles. The molecule has 0 unspecified atom stereocenters. The molecule has 11 heteroatoms. The van der Waals surface area contributed by atoms with Crippen LogP contribution in [-0.4, -0.2) is 29.7 Å². The number of carbonyl (C=O) groups is 2. The predicted octanol–water partition coefficient (Wildman–Crippen LogP) is 2.66. The topological polar surface area (TPSA) is 155 Å². The standard InChI is InChI=1S/C15H23N4O6P/c1-9(2)24-26(22,25-10(3)4)14(13(17)20)19-23-15(21)18-12-7-5-11(16)6-8-12/h5-10H,16H2,1-4H3,(H2,17,20)(H,18,21)/b19-14+. The van der Waals surface area contributed by atoms with Crippen molar-refractivity contribution in [3.63, 3.8) is 0 Å². The second-order valence-electron chi connectivity index (χ2n) is 5.71. The van der Waals surface area contributed by atoms with Crippen LogP contribution in [0.3, 0.4) is 0 Å². The Balaban J connectivity index is 2.98. The summed E-state index contributed by atoms with van der Waals surface area (Å²) < 4.78 is 23.3. The van der Waals surface area contributed by atoms with Gasteiger partial charge in [0.1, 0.15) is 0 Å². The van der Waals surface area contributed by atoms with Crippen LogP contribution in [-0.2, 0) is 23.2 Å². The van der Waals surface area contributed by atoms with E-state index in [9.17, 15) is 14.2 Å². The van der Waals surface area contributed by atoms with E-state index in [1.165, 1.54) is 12.1 Å². The molecule has 0 aliphatic carbocycles. The highest BCUT2D eigenvalue weighted by Crippen LogP contribution is 2.52. The molecule has 0 aliphatic heterocycles. The predicted molar refractivity (Wildman–Crippen MR) is 97.6 cm³/mol. The number of nitrogens with one attached hydrogen (secondary N) is 1. The fourth-order valence-electron chi connectivity index (χ4n) is 1.70. The summed E-state index contributed by atoms with van der Waals surface area (Å²) in [7, 11) is -4.19. The maximum atomic E-state index is 12.9. The molecule has 0 bridgehead atoms. The highest BCUT2D eigenvalue weighted by Gasteiger charge is 2.39. The number of hydrogen-bond acceptors (Lipinski definition) is 8. The Kier molecular flexibility index (Phi) is 7.76. The summed E-state index contributed by atoms with van der Waals surface area (Å²) >= 11 is 0. The average Bonchev–Trinajstić information content (AvgIpc) is 2.47. The Labute approximate surface area is 151 Å². The van der Waals surface area contributed by atoms with Crippen LogP contribution in [0.15, 0.2) is 29.4 Å². The minimum absolute atomic E-state index is 0.375. The van der Waals surface area contributed by atoms with Gasteiger partial charge in [-0.15, -0.1) is 0 Å². The van der Waals surface area contributed by atoms with Gasteiger partial charge in [0.05, 0.1) is 12.2 Å². The zero-order valence-corrected chi connectivity index (χ0v) is 15.9. The fraction of sp³-hybridized carbons (Fsp3) is 0.400. The Morgan fingerprint density at radius 2 is 1.58 bits per heavy atom. The van der Waals surface area contributed by atoms with Crippen molar-refractivity contribution in [1.82, 2.24) is 0 Å². The van der Waals surface area contributed by atoms with Gasteiger partial charge in [0, 0.05) is 11.4 Å². The van der Waals surface area contributed by atoms with Crippen molar-refractivity contribution < 1.29 is 28.0 Å². The van der Waals surface area contributed by atoms with Crippen LogP contribution < -0.4 is 16.8 Å². The smallest absolute Gasteiger partial charge is 0.399 e. The fourth-order valence-corrected chi connectivity index (χ4v) is 3.47. The molecule has 0 fully saturated rings. The third-order valence-corrected chi connectivity index (χ3v) is 4.77. The maximum Gasteiger partial charge on any atom is 0.437 e. The van der Waals surface area contributed by atoms with Crippen LogP contribution in [0.25, 0.3) is 0 Å². The Hall–Kier alpha value is -2.42. The third-order valence-electron chi connectivity index (χ3n) is 2.55. The molecule has 5 N–H and O–H groups in total. The normalized spacial score (nSPS) is 12.3. The number of primary amides is 1. The van der Waals surface area contributed by atoms with E-state index in [0.717, 1.165) is 0 Å². The van der Waals surface area contributed by atoms with Crippen LogP contribution in [0.5, 0.6) is 0 Å². The summed E-state index contributed by atoms with van der Waals surface area (Å²) in [5, 5.41) is 5.66. The molecule has 10 nitrogen and oxygen atoms in total. The number of anilines is 2. The summed E-state index contributed by atoms with van der Waals surface area (Å²) in [5.74, 6) is -1.20. The molecule has 1 aromatic rings. The molecule has 0 aliphatic rings. The Bertz CT molecular complexity index is 703. The summed E-state index contributed by atoms with van der Waals surface area (Å²) in [4.78, 5) is 28.0. The minimum atomic E-state index is -4.19. The van der Waals surface area contributed by atoms with E-state index in [1.54, 1.807) is 39.8 Å². The number of nitrogens with two attached hydrogens (primary N) is 2. The van der Waals surface area contributed by atoms with E-state index in [1.807, 2.05) is 0 Å². The van der Waals surface area contributed by atoms with Crippen molar-refractivity contribution >= 4 is 36.4 Å². The average molecular weight is 386 g/mol. The van der Waals surface area contributed by atoms with E-state index in [2.05, 4.69) is 15.3 Å². The van der Waals surface area contributed by atoms with Crippen molar-refractivity contribution in [2.75, 3.05) is 11.1 Å². The van der Waals surface area contributed by atoms with Crippen molar-refractivity contribution in [3.8, 4) is 0 Å². The molecule has 26 heavy (non-hydrogen) atoms. The number of hydrogen-bond donors (Lipinski definition) is 3. The van der Waals surface area contributed by atoms with Crippen molar-refractivity contribution in [1.29, 1.82) is 0 Å². The van der Waals surface area contributed by atoms with Gasteiger partial charge in [-0.25, -0.2) is 4.79 Å². The number of rotatable bonds is 8. The van der Waals surface area contributed by atoms with Crippen molar-refractivity contribution in [3.05, 3.63) is 24.3 Å². The quantitative estimate of drug-likeness (QED) is 0.204. The van der Waals surface area contributed by atoms with E-state index >= 15 is 0 Å². The SMILES string of the molecule is CC(C)OP(=O)(OC(C)C)/C(=N/OC(=O)Nc1ccc(N)cc1)C(N)=O. The van der Waals surface area contributed by atoms with Gasteiger partial charge in [0.25, 0.3) is 11.4 Å². The third kappa shape index (κ3) is 6.83. The number of nitrogens with zero attached hydrogens (tertiary/aromatic N) is 1. The number of nitrogen functional groups attached to an aromatic ring is 1. The van der Waals surface area contributed by atoms with Crippen LogP contribution in [0.1, 0.15) is 27.7 Å². The number of benzene rings is 1. The number of amides is 2. The lowest BCUT2D eigenvalue weighted by Crippen LogP contribution is -2.28. The van der Waals surface area contributed by atoms with Gasteiger partial charge in [0.15, 0.2) is 0 Å².